The van der Waals surface area contributed by atoms with Gasteiger partial charge in [-0.1, -0.05) is 0 Å². The summed E-state index contributed by atoms with van der Waals surface area (Å²) in [5, 5.41) is 6.70. The summed E-state index contributed by atoms with van der Waals surface area (Å²) in [4.78, 5) is 29.3. The van der Waals surface area contributed by atoms with Gasteiger partial charge in [-0.3, -0.25) is 15.0 Å². The highest BCUT2D eigenvalue weighted by Gasteiger charge is 2.30. The highest BCUT2D eigenvalue weighted by atomic mass is 35.5. The van der Waals surface area contributed by atoms with Gasteiger partial charge in [0.2, 0.25) is 5.91 Å². The first-order valence-electron chi connectivity index (χ1n) is 7.32. The van der Waals surface area contributed by atoms with Crippen LogP contribution >= 0.6 is 12.4 Å². The number of rotatable bonds is 4. The zero-order valence-corrected chi connectivity index (χ0v) is 14.3. The Bertz CT molecular complexity index is 595. The summed E-state index contributed by atoms with van der Waals surface area (Å²) >= 11 is 0. The maximum atomic E-state index is 12.0. The number of carbonyl (C=O) groups is 2. The van der Waals surface area contributed by atoms with Crippen molar-refractivity contribution in [3.05, 3.63) is 18.2 Å². The molecule has 0 aromatic carbocycles. The zero-order valence-electron chi connectivity index (χ0n) is 13.5. The molecule has 142 valence electrons. The molecule has 0 saturated carbocycles. The average molecular weight is 385 g/mol. The van der Waals surface area contributed by atoms with Gasteiger partial charge in [-0.2, -0.15) is 13.2 Å². The number of aromatic nitrogens is 2. The molecule has 1 aromatic rings. The topological polar surface area (TPSA) is 91.3 Å². The number of amides is 3. The number of imide groups is 1. The van der Waals surface area contributed by atoms with Gasteiger partial charge in [-0.05, 0) is 0 Å². The number of nitrogens with zero attached hydrogens (tertiary/aromatic N) is 3. The van der Waals surface area contributed by atoms with Crippen LogP contribution in [-0.4, -0.2) is 65.3 Å². The molecule has 0 bridgehead atoms. The number of hydrogen-bond donors (Lipinski definition) is 3. The van der Waals surface area contributed by atoms with Crippen molar-refractivity contribution in [3.63, 3.8) is 0 Å². The molecule has 0 aliphatic carbocycles. The van der Waals surface area contributed by atoms with E-state index in [0.717, 1.165) is 5.82 Å². The molecule has 0 radical (unpaired) electrons. The molecule has 1 atom stereocenters. The Morgan fingerprint density at radius 2 is 2.16 bits per heavy atom. The summed E-state index contributed by atoms with van der Waals surface area (Å²) in [5.41, 5.74) is 0. The second-order valence-electron chi connectivity index (χ2n) is 5.43. The van der Waals surface area contributed by atoms with Crippen LogP contribution in [0.25, 0.3) is 0 Å². The second kappa shape index (κ2) is 9.02. The molecule has 3 N–H and O–H groups in total. The second-order valence-corrected chi connectivity index (χ2v) is 5.43. The lowest BCUT2D eigenvalue weighted by Crippen LogP contribution is -2.52. The van der Waals surface area contributed by atoms with Gasteiger partial charge in [0, 0.05) is 39.1 Å². The van der Waals surface area contributed by atoms with Crippen molar-refractivity contribution in [1.29, 1.82) is 0 Å². The van der Waals surface area contributed by atoms with Gasteiger partial charge in [0.25, 0.3) is 0 Å². The number of urea groups is 1. The summed E-state index contributed by atoms with van der Waals surface area (Å²) in [5.74, 6) is 0.0901. The summed E-state index contributed by atoms with van der Waals surface area (Å²) in [6, 6.07) is -1.33. The predicted octanol–water partition coefficient (Wildman–Crippen LogP) is 0.176. The maximum absolute atomic E-state index is 12.0. The monoisotopic (exact) mass is 384 g/mol. The van der Waals surface area contributed by atoms with Gasteiger partial charge in [0.15, 0.2) is 0 Å². The molecule has 12 heteroatoms. The normalized spacial score (nSPS) is 18.3. The van der Waals surface area contributed by atoms with Gasteiger partial charge in [0.1, 0.15) is 12.4 Å². The lowest BCUT2D eigenvalue weighted by atomic mass is 10.1. The third-order valence-electron chi connectivity index (χ3n) is 3.56. The molecule has 1 aliphatic heterocycles. The van der Waals surface area contributed by atoms with Crippen LogP contribution in [0.15, 0.2) is 12.4 Å². The molecule has 1 fully saturated rings. The molecule has 1 aromatic heterocycles. The molecule has 8 nitrogen and oxygen atoms in total. The van der Waals surface area contributed by atoms with Crippen molar-refractivity contribution in [2.45, 2.75) is 12.2 Å². The standard InChI is InChI=1S/C13H19F3N6O2.ClH/c1-21-4-3-18-11(21)9-6-17-2-5-22(9)7-10(23)20-12(24)19-8-13(14,15)16;/h3-4,9,17H,2,5-8H2,1H3,(H2,19,20,23,24);1H. The minimum Gasteiger partial charge on any atom is -0.337 e. The number of aryl methyl sites for hydroxylation is 1. The van der Waals surface area contributed by atoms with E-state index in [2.05, 4.69) is 10.3 Å². The number of alkyl halides is 3. The van der Waals surface area contributed by atoms with Crippen molar-refractivity contribution in [1.82, 2.24) is 30.4 Å². The lowest BCUT2D eigenvalue weighted by Gasteiger charge is -2.35. The largest absolute Gasteiger partial charge is 0.405 e. The first-order valence-corrected chi connectivity index (χ1v) is 7.32. The molecular formula is C13H20ClF3N6O2. The summed E-state index contributed by atoms with van der Waals surface area (Å²) in [6.07, 6.45) is -1.10. The van der Waals surface area contributed by atoms with E-state index in [0.29, 0.717) is 19.6 Å². The van der Waals surface area contributed by atoms with Crippen LogP contribution in [-0.2, 0) is 11.8 Å². The fraction of sp³-hybridized carbons (Fsp3) is 0.615. The van der Waals surface area contributed by atoms with Crippen LogP contribution in [0.4, 0.5) is 18.0 Å². The van der Waals surface area contributed by atoms with Gasteiger partial charge >= 0.3 is 12.2 Å². The molecule has 3 amide bonds. The number of piperazine rings is 1. The minimum atomic E-state index is -4.53. The third kappa shape index (κ3) is 6.52. The van der Waals surface area contributed by atoms with Gasteiger partial charge in [0.05, 0.1) is 12.6 Å². The van der Waals surface area contributed by atoms with Crippen molar-refractivity contribution in [2.24, 2.45) is 7.05 Å². The van der Waals surface area contributed by atoms with Crippen LogP contribution in [0.1, 0.15) is 11.9 Å². The van der Waals surface area contributed by atoms with Crippen LogP contribution in [0, 0.1) is 0 Å². The van der Waals surface area contributed by atoms with Crippen LogP contribution in [0.5, 0.6) is 0 Å². The van der Waals surface area contributed by atoms with E-state index in [4.69, 9.17) is 0 Å². The van der Waals surface area contributed by atoms with Crippen molar-refractivity contribution < 1.29 is 22.8 Å². The lowest BCUT2D eigenvalue weighted by molar-refractivity contribution is -0.125. The highest BCUT2D eigenvalue weighted by Crippen LogP contribution is 2.19. The number of hydrogen-bond acceptors (Lipinski definition) is 5. The molecule has 2 heterocycles. The molecule has 1 aliphatic rings. The number of imidazole rings is 1. The highest BCUT2D eigenvalue weighted by molar-refractivity contribution is 5.95. The Morgan fingerprint density at radius 3 is 2.76 bits per heavy atom. The van der Waals surface area contributed by atoms with Crippen molar-refractivity contribution in [3.8, 4) is 0 Å². The molecule has 2 rings (SSSR count). The fourth-order valence-electron chi connectivity index (χ4n) is 2.46. The Labute approximate surface area is 148 Å². The quantitative estimate of drug-likeness (QED) is 0.688. The maximum Gasteiger partial charge on any atom is 0.405 e. The summed E-state index contributed by atoms with van der Waals surface area (Å²) < 4.78 is 37.9. The molecule has 25 heavy (non-hydrogen) atoms. The van der Waals surface area contributed by atoms with E-state index in [9.17, 15) is 22.8 Å². The fourth-order valence-corrected chi connectivity index (χ4v) is 2.46. The Balaban J connectivity index is 0.00000312. The number of carbonyl (C=O) groups excluding carboxylic acids is 2. The van der Waals surface area contributed by atoms with Gasteiger partial charge in [-0.25, -0.2) is 9.78 Å². The number of nitrogens with one attached hydrogen (secondary N) is 3. The Hall–Kier alpha value is -1.85. The van der Waals surface area contributed by atoms with E-state index < -0.39 is 24.7 Å². The van der Waals surface area contributed by atoms with Crippen LogP contribution in [0.2, 0.25) is 0 Å². The van der Waals surface area contributed by atoms with Crippen molar-refractivity contribution in [2.75, 3.05) is 32.7 Å². The van der Waals surface area contributed by atoms with E-state index in [1.54, 1.807) is 17.7 Å². The van der Waals surface area contributed by atoms with Gasteiger partial charge < -0.3 is 15.2 Å². The smallest absolute Gasteiger partial charge is 0.337 e. The van der Waals surface area contributed by atoms with Crippen molar-refractivity contribution >= 4 is 24.3 Å². The van der Waals surface area contributed by atoms with E-state index in [-0.39, 0.29) is 25.0 Å². The SMILES string of the molecule is Cl.Cn1ccnc1C1CNCCN1CC(=O)NC(=O)NCC(F)(F)F. The average Bonchev–Trinajstić information content (AvgIpc) is 2.91. The molecular weight excluding hydrogens is 365 g/mol. The zero-order chi connectivity index (χ0) is 17.7. The van der Waals surface area contributed by atoms with Crippen LogP contribution in [0.3, 0.4) is 0 Å². The molecule has 1 saturated heterocycles. The van der Waals surface area contributed by atoms with E-state index in [1.165, 1.54) is 0 Å². The molecule has 1 unspecified atom stereocenters. The minimum absolute atomic E-state index is 0. The molecule has 0 spiro atoms. The first kappa shape index (κ1) is 21.2. The Morgan fingerprint density at radius 1 is 1.44 bits per heavy atom. The summed E-state index contributed by atoms with van der Waals surface area (Å²) in [6.45, 7) is 0.191. The Kier molecular flexibility index (Phi) is 7.64. The van der Waals surface area contributed by atoms with Crippen LogP contribution < -0.4 is 16.0 Å². The third-order valence-corrected chi connectivity index (χ3v) is 3.56. The van der Waals surface area contributed by atoms with Gasteiger partial charge in [-0.15, -0.1) is 12.4 Å². The summed E-state index contributed by atoms with van der Waals surface area (Å²) in [7, 11) is 1.83. The van der Waals surface area contributed by atoms with E-state index in [1.807, 2.05) is 21.8 Å². The predicted molar refractivity (Wildman–Crippen MR) is 85.2 cm³/mol. The first-order chi connectivity index (χ1) is 11.3. The number of halogens is 4. The van der Waals surface area contributed by atoms with E-state index >= 15 is 0 Å².